The van der Waals surface area contributed by atoms with Crippen LogP contribution in [0.2, 0.25) is 0 Å². The number of rotatable bonds is 6. The molecule has 0 aliphatic rings. The van der Waals surface area contributed by atoms with Crippen molar-refractivity contribution in [2.24, 2.45) is 5.73 Å². The molecule has 0 spiro atoms. The zero-order valence-electron chi connectivity index (χ0n) is 24.2. The molecular weight excluding hydrogens is 520 g/mol. The second-order valence-corrected chi connectivity index (χ2v) is 11.0. The fraction of sp³-hybridized carbons (Fsp3) is 0.0488. The highest BCUT2D eigenvalue weighted by atomic mass is 14.7. The lowest BCUT2D eigenvalue weighted by Crippen LogP contribution is -1.93. The van der Waals surface area contributed by atoms with Crippen molar-refractivity contribution in [1.82, 2.24) is 4.98 Å². The van der Waals surface area contributed by atoms with E-state index in [1.807, 2.05) is 19.1 Å². The predicted octanol–water partition coefficient (Wildman–Crippen LogP) is 10.5. The van der Waals surface area contributed by atoms with Gasteiger partial charge in [-0.25, -0.2) is 0 Å². The average Bonchev–Trinajstić information content (AvgIpc) is 3.05. The van der Waals surface area contributed by atoms with Gasteiger partial charge in [0.2, 0.25) is 0 Å². The molecule has 7 aromatic rings. The number of fused-ring (bicyclic) bond motifs is 3. The Labute approximate surface area is 252 Å². The number of pyridine rings is 1. The first-order chi connectivity index (χ1) is 21.2. The van der Waals surface area contributed by atoms with Gasteiger partial charge in [-0.2, -0.15) is 0 Å². The van der Waals surface area contributed by atoms with E-state index < -0.39 is 0 Å². The first kappa shape index (κ1) is 26.4. The molecule has 0 saturated heterocycles. The molecular formula is C41H32N2. The number of nitrogens with zero attached hydrogens (tertiary/aromatic N) is 1. The minimum atomic E-state index is 0.753. The molecule has 0 aliphatic heterocycles. The van der Waals surface area contributed by atoms with Crippen LogP contribution in [0.25, 0.3) is 65.8 Å². The molecule has 6 aromatic carbocycles. The van der Waals surface area contributed by atoms with E-state index in [1.165, 1.54) is 54.6 Å². The van der Waals surface area contributed by atoms with Crippen molar-refractivity contribution >= 4 is 32.3 Å². The van der Waals surface area contributed by atoms with E-state index in [0.717, 1.165) is 29.1 Å². The number of benzene rings is 6. The molecule has 2 N–H and O–H groups in total. The van der Waals surface area contributed by atoms with E-state index in [0.29, 0.717) is 0 Å². The molecule has 0 amide bonds. The third-order valence-electron chi connectivity index (χ3n) is 8.05. The Hall–Kier alpha value is -5.47. The van der Waals surface area contributed by atoms with Crippen molar-refractivity contribution in [1.29, 1.82) is 0 Å². The maximum Gasteiger partial charge on any atom is 0.0705 e. The summed E-state index contributed by atoms with van der Waals surface area (Å²) < 4.78 is 0. The molecule has 0 saturated carbocycles. The van der Waals surface area contributed by atoms with Crippen LogP contribution in [-0.2, 0) is 6.42 Å². The summed E-state index contributed by atoms with van der Waals surface area (Å²) in [4.78, 5) is 4.99. The Morgan fingerprint density at radius 2 is 1.16 bits per heavy atom. The van der Waals surface area contributed by atoms with Gasteiger partial charge in [-0.05, 0) is 91.8 Å². The fourth-order valence-electron chi connectivity index (χ4n) is 6.09. The second kappa shape index (κ2) is 11.4. The van der Waals surface area contributed by atoms with E-state index in [9.17, 15) is 0 Å². The van der Waals surface area contributed by atoms with Crippen LogP contribution in [0.15, 0.2) is 157 Å². The van der Waals surface area contributed by atoms with E-state index in [-0.39, 0.29) is 0 Å². The molecule has 0 atom stereocenters. The molecule has 2 nitrogen and oxygen atoms in total. The number of nitrogens with two attached hydrogens (primary N) is 1. The van der Waals surface area contributed by atoms with E-state index in [1.54, 1.807) is 0 Å². The van der Waals surface area contributed by atoms with Crippen LogP contribution in [0, 0.1) is 0 Å². The Bertz CT molecular complexity index is 2120. The highest BCUT2D eigenvalue weighted by molar-refractivity contribution is 6.21. The number of aromatic nitrogens is 1. The second-order valence-electron chi connectivity index (χ2n) is 11.0. The van der Waals surface area contributed by atoms with Crippen LogP contribution in [0.3, 0.4) is 0 Å². The molecule has 1 heterocycles. The summed E-state index contributed by atoms with van der Waals surface area (Å²) in [6.07, 6.45) is 6.74. The molecule has 0 aliphatic carbocycles. The largest absolute Gasteiger partial charge is 0.402 e. The van der Waals surface area contributed by atoms with Gasteiger partial charge in [-0.3, -0.25) is 4.98 Å². The quantitative estimate of drug-likeness (QED) is 0.165. The number of hydrogen-bond donors (Lipinski definition) is 1. The lowest BCUT2D eigenvalue weighted by molar-refractivity contribution is 1.11. The van der Waals surface area contributed by atoms with Crippen molar-refractivity contribution in [2.75, 3.05) is 0 Å². The van der Waals surface area contributed by atoms with Gasteiger partial charge in [0, 0.05) is 23.4 Å². The number of allylic oxidation sites excluding steroid dienone is 4. The molecule has 1 aromatic heterocycles. The monoisotopic (exact) mass is 552 g/mol. The van der Waals surface area contributed by atoms with Crippen LogP contribution in [-0.4, -0.2) is 4.98 Å². The normalized spacial score (nSPS) is 12.1. The molecule has 43 heavy (non-hydrogen) atoms. The number of hydrogen-bond acceptors (Lipinski definition) is 2. The lowest BCUT2D eigenvalue weighted by Gasteiger charge is -2.18. The van der Waals surface area contributed by atoms with Crippen molar-refractivity contribution in [2.45, 2.75) is 13.3 Å². The van der Waals surface area contributed by atoms with Crippen LogP contribution >= 0.6 is 0 Å². The van der Waals surface area contributed by atoms with Gasteiger partial charge >= 0.3 is 0 Å². The zero-order valence-corrected chi connectivity index (χ0v) is 24.2. The van der Waals surface area contributed by atoms with Gasteiger partial charge in [0.25, 0.3) is 0 Å². The van der Waals surface area contributed by atoms with Gasteiger partial charge < -0.3 is 5.73 Å². The summed E-state index contributed by atoms with van der Waals surface area (Å²) in [5.74, 6) is 0. The minimum absolute atomic E-state index is 0.753. The van der Waals surface area contributed by atoms with Crippen molar-refractivity contribution in [3.8, 4) is 33.5 Å². The molecule has 206 valence electrons. The summed E-state index contributed by atoms with van der Waals surface area (Å²) in [6.45, 7) is 1.89. The molecule has 7 rings (SSSR count). The lowest BCUT2D eigenvalue weighted by atomic mass is 9.85. The first-order valence-corrected chi connectivity index (χ1v) is 14.7. The standard InChI is InChI=1S/C41H32N2/c1-28(42)12-2-5-17-34-18-11-23-39(43-34)31-15-10-16-32(27-31)40-35-19-6-8-21-37(35)41(38-22-9-7-20-36(38)40)33-25-24-29-13-3-4-14-30(29)26-33/h2-16,18-27H,17,42H2,1H3/b5-2-,28-12-. The fourth-order valence-corrected chi connectivity index (χ4v) is 6.09. The Kier molecular flexibility index (Phi) is 7.02. The van der Waals surface area contributed by atoms with Gasteiger partial charge in [0.1, 0.15) is 0 Å². The summed E-state index contributed by atoms with van der Waals surface area (Å²) in [5, 5.41) is 7.51. The SMILES string of the molecule is C/C(N)=C/C=C\Cc1cccc(-c2cccc(-c3c4ccccc4c(-c4ccc5ccccc5c4)c4ccccc34)c2)n1. The van der Waals surface area contributed by atoms with Crippen molar-refractivity contribution < 1.29 is 0 Å². The molecule has 0 unspecified atom stereocenters. The smallest absolute Gasteiger partial charge is 0.0705 e. The topological polar surface area (TPSA) is 38.9 Å². The maximum absolute atomic E-state index is 5.76. The van der Waals surface area contributed by atoms with E-state index in [4.69, 9.17) is 10.7 Å². The third kappa shape index (κ3) is 5.20. The van der Waals surface area contributed by atoms with Gasteiger partial charge in [0.15, 0.2) is 0 Å². The zero-order chi connectivity index (χ0) is 29.2. The first-order valence-electron chi connectivity index (χ1n) is 14.7. The summed E-state index contributed by atoms with van der Waals surface area (Å²) in [5.41, 5.74) is 14.6. The maximum atomic E-state index is 5.76. The molecule has 0 radical (unpaired) electrons. The van der Waals surface area contributed by atoms with Gasteiger partial charge in [-0.1, -0.05) is 121 Å². The van der Waals surface area contributed by atoms with Crippen molar-refractivity contribution in [3.63, 3.8) is 0 Å². The van der Waals surface area contributed by atoms with Crippen molar-refractivity contribution in [3.05, 3.63) is 163 Å². The average molecular weight is 553 g/mol. The Morgan fingerprint density at radius 1 is 0.581 bits per heavy atom. The summed E-state index contributed by atoms with van der Waals surface area (Å²) >= 11 is 0. The molecule has 0 fully saturated rings. The van der Waals surface area contributed by atoms with Crippen LogP contribution in [0.5, 0.6) is 0 Å². The van der Waals surface area contributed by atoms with Crippen LogP contribution in [0.4, 0.5) is 0 Å². The summed E-state index contributed by atoms with van der Waals surface area (Å²) in [6, 6.07) is 48.1. The third-order valence-corrected chi connectivity index (χ3v) is 8.05. The predicted molar refractivity (Wildman–Crippen MR) is 184 cm³/mol. The summed E-state index contributed by atoms with van der Waals surface area (Å²) in [7, 11) is 0. The van der Waals surface area contributed by atoms with Gasteiger partial charge in [0.05, 0.1) is 5.69 Å². The highest BCUT2D eigenvalue weighted by Gasteiger charge is 2.17. The Morgan fingerprint density at radius 3 is 1.84 bits per heavy atom. The van der Waals surface area contributed by atoms with Gasteiger partial charge in [-0.15, -0.1) is 0 Å². The van der Waals surface area contributed by atoms with Crippen LogP contribution in [0.1, 0.15) is 12.6 Å². The van der Waals surface area contributed by atoms with Crippen LogP contribution < -0.4 is 5.73 Å². The highest BCUT2D eigenvalue weighted by Crippen LogP contribution is 2.44. The Balaban J connectivity index is 1.39. The molecule has 0 bridgehead atoms. The van der Waals surface area contributed by atoms with E-state index in [2.05, 4.69) is 140 Å². The molecule has 2 heteroatoms. The minimum Gasteiger partial charge on any atom is -0.402 e. The van der Waals surface area contributed by atoms with E-state index >= 15 is 0 Å².